The number of ether oxygens (including phenoxy) is 1. The fraction of sp³-hybridized carbons (Fsp3) is 0.667. The molecule has 0 aliphatic carbocycles. The molecular weight excluding hydrogens is 252 g/mol. The Morgan fingerprint density at radius 1 is 1.35 bits per heavy atom. The molecule has 2 atom stereocenters. The van der Waals surface area contributed by atoms with Crippen molar-refractivity contribution in [2.75, 3.05) is 44.3 Å². The Morgan fingerprint density at radius 2 is 2.15 bits per heavy atom. The summed E-state index contributed by atoms with van der Waals surface area (Å²) in [5.74, 6) is 1.07. The van der Waals surface area contributed by atoms with Gasteiger partial charge in [-0.1, -0.05) is 6.07 Å². The van der Waals surface area contributed by atoms with Gasteiger partial charge in [-0.2, -0.15) is 0 Å². The van der Waals surface area contributed by atoms with Gasteiger partial charge >= 0.3 is 0 Å². The van der Waals surface area contributed by atoms with Gasteiger partial charge in [0.15, 0.2) is 0 Å². The molecule has 2 aliphatic rings. The topological polar surface area (TPSA) is 54.6 Å². The van der Waals surface area contributed by atoms with Gasteiger partial charge in [-0.05, 0) is 19.4 Å². The lowest BCUT2D eigenvalue weighted by Gasteiger charge is -2.32. The normalized spacial score (nSPS) is 25.9. The van der Waals surface area contributed by atoms with Crippen LogP contribution in [-0.2, 0) is 4.74 Å². The zero-order chi connectivity index (χ0) is 13.9. The van der Waals surface area contributed by atoms with Crippen LogP contribution in [0.25, 0.3) is 0 Å². The molecule has 0 spiro atoms. The summed E-state index contributed by atoms with van der Waals surface area (Å²) in [5, 5.41) is 0. The van der Waals surface area contributed by atoms with Gasteiger partial charge in [-0.3, -0.25) is 4.90 Å². The van der Waals surface area contributed by atoms with Crippen molar-refractivity contribution in [1.82, 2.24) is 9.88 Å². The van der Waals surface area contributed by atoms with Crippen LogP contribution in [0.4, 0.5) is 5.82 Å². The van der Waals surface area contributed by atoms with Crippen LogP contribution in [0.2, 0.25) is 0 Å². The Kier molecular flexibility index (Phi) is 4.19. The van der Waals surface area contributed by atoms with Crippen LogP contribution >= 0.6 is 0 Å². The zero-order valence-corrected chi connectivity index (χ0v) is 12.2. The van der Waals surface area contributed by atoms with Crippen molar-refractivity contribution in [3.63, 3.8) is 0 Å². The largest absolute Gasteiger partial charge is 0.379 e. The maximum absolute atomic E-state index is 6.07. The number of hydrogen-bond acceptors (Lipinski definition) is 5. The van der Waals surface area contributed by atoms with E-state index in [-0.39, 0.29) is 6.04 Å². The first-order chi connectivity index (χ1) is 9.75. The molecule has 1 aromatic heterocycles. The van der Waals surface area contributed by atoms with Gasteiger partial charge in [0.2, 0.25) is 0 Å². The average molecular weight is 276 g/mol. The molecular formula is C15H24N4O. The molecule has 0 amide bonds. The summed E-state index contributed by atoms with van der Waals surface area (Å²) in [6.45, 7) is 7.99. The quantitative estimate of drug-likeness (QED) is 0.893. The number of hydrogen-bond donors (Lipinski definition) is 1. The number of rotatable bonds is 3. The number of pyridine rings is 1. The highest BCUT2D eigenvalue weighted by Crippen LogP contribution is 2.27. The van der Waals surface area contributed by atoms with Crippen molar-refractivity contribution in [2.24, 2.45) is 5.73 Å². The van der Waals surface area contributed by atoms with E-state index in [4.69, 9.17) is 10.5 Å². The van der Waals surface area contributed by atoms with E-state index in [9.17, 15) is 0 Å². The van der Waals surface area contributed by atoms with Crippen LogP contribution in [0.15, 0.2) is 18.3 Å². The number of nitrogens with zero attached hydrogens (tertiary/aromatic N) is 3. The molecule has 0 aromatic carbocycles. The molecule has 1 aromatic rings. The van der Waals surface area contributed by atoms with Crippen LogP contribution in [-0.4, -0.2) is 55.3 Å². The first-order valence-electron chi connectivity index (χ1n) is 7.53. The zero-order valence-electron chi connectivity index (χ0n) is 12.2. The monoisotopic (exact) mass is 276 g/mol. The Morgan fingerprint density at radius 3 is 2.90 bits per heavy atom. The minimum absolute atomic E-state index is 0.0288. The summed E-state index contributed by atoms with van der Waals surface area (Å²) in [6, 6.07) is 4.72. The third-order valence-corrected chi connectivity index (χ3v) is 4.33. The summed E-state index contributed by atoms with van der Waals surface area (Å²) < 4.78 is 5.44. The third kappa shape index (κ3) is 2.80. The highest BCUT2D eigenvalue weighted by molar-refractivity contribution is 5.49. The molecule has 0 saturated carbocycles. The number of morpholine rings is 1. The Balaban J connectivity index is 1.70. The van der Waals surface area contributed by atoms with Crippen molar-refractivity contribution in [3.05, 3.63) is 23.9 Å². The van der Waals surface area contributed by atoms with E-state index in [1.54, 1.807) is 0 Å². The van der Waals surface area contributed by atoms with Gasteiger partial charge in [0.1, 0.15) is 5.82 Å². The van der Waals surface area contributed by atoms with Gasteiger partial charge in [0.05, 0.1) is 13.2 Å². The lowest BCUT2D eigenvalue weighted by Crippen LogP contribution is -2.44. The first kappa shape index (κ1) is 13.8. The molecule has 5 nitrogen and oxygen atoms in total. The summed E-state index contributed by atoms with van der Waals surface area (Å²) in [7, 11) is 0. The van der Waals surface area contributed by atoms with E-state index in [1.807, 2.05) is 19.2 Å². The van der Waals surface area contributed by atoms with Gasteiger partial charge < -0.3 is 15.4 Å². The molecule has 3 rings (SSSR count). The van der Waals surface area contributed by atoms with Gasteiger partial charge in [-0.15, -0.1) is 0 Å². The standard InChI is InChI=1S/C15H24N4O/c1-12(16)14-3-2-5-17-15(14)19-6-4-13(11-19)18-7-9-20-10-8-18/h2-3,5,12-13H,4,6-11,16H2,1H3/t12-,13?/m1/s1. The Hall–Kier alpha value is -1.17. The number of anilines is 1. The average Bonchev–Trinajstić information content (AvgIpc) is 2.98. The third-order valence-electron chi connectivity index (χ3n) is 4.33. The molecule has 0 radical (unpaired) electrons. The van der Waals surface area contributed by atoms with Crippen LogP contribution in [0.3, 0.4) is 0 Å². The lowest BCUT2D eigenvalue weighted by atomic mass is 10.1. The second-order valence-corrected chi connectivity index (χ2v) is 5.74. The Bertz CT molecular complexity index is 445. The van der Waals surface area contributed by atoms with E-state index < -0.39 is 0 Å². The Labute approximate surface area is 120 Å². The maximum atomic E-state index is 6.07. The molecule has 3 heterocycles. The van der Waals surface area contributed by atoms with E-state index >= 15 is 0 Å². The van der Waals surface area contributed by atoms with Gasteiger partial charge in [0.25, 0.3) is 0 Å². The molecule has 20 heavy (non-hydrogen) atoms. The predicted molar refractivity (Wildman–Crippen MR) is 79.8 cm³/mol. The van der Waals surface area contributed by atoms with E-state index in [0.717, 1.165) is 50.8 Å². The highest BCUT2D eigenvalue weighted by atomic mass is 16.5. The number of nitrogens with two attached hydrogens (primary N) is 1. The minimum Gasteiger partial charge on any atom is -0.379 e. The second-order valence-electron chi connectivity index (χ2n) is 5.74. The molecule has 2 N–H and O–H groups in total. The first-order valence-corrected chi connectivity index (χ1v) is 7.53. The van der Waals surface area contributed by atoms with Gasteiger partial charge in [-0.25, -0.2) is 4.98 Å². The van der Waals surface area contributed by atoms with Crippen LogP contribution in [0, 0.1) is 0 Å². The SMILES string of the molecule is C[C@@H](N)c1cccnc1N1CCC(N2CCOCC2)C1. The molecule has 2 fully saturated rings. The summed E-state index contributed by atoms with van der Waals surface area (Å²) in [4.78, 5) is 9.51. The molecule has 2 saturated heterocycles. The molecule has 110 valence electrons. The molecule has 5 heteroatoms. The van der Waals surface area contributed by atoms with Crippen molar-refractivity contribution in [1.29, 1.82) is 0 Å². The molecule has 1 unspecified atom stereocenters. The predicted octanol–water partition coefficient (Wildman–Crippen LogP) is 1.01. The number of aromatic nitrogens is 1. The van der Waals surface area contributed by atoms with Gasteiger partial charge in [0, 0.05) is 50.0 Å². The van der Waals surface area contributed by atoms with Crippen LogP contribution < -0.4 is 10.6 Å². The summed E-state index contributed by atoms with van der Waals surface area (Å²) in [5.41, 5.74) is 7.21. The molecule has 0 bridgehead atoms. The van der Waals surface area contributed by atoms with Crippen molar-refractivity contribution >= 4 is 5.82 Å². The van der Waals surface area contributed by atoms with Crippen molar-refractivity contribution in [2.45, 2.75) is 25.4 Å². The minimum atomic E-state index is 0.0288. The van der Waals surface area contributed by atoms with E-state index in [0.29, 0.717) is 6.04 Å². The fourth-order valence-electron chi connectivity index (χ4n) is 3.20. The summed E-state index contributed by atoms with van der Waals surface area (Å²) >= 11 is 0. The highest BCUT2D eigenvalue weighted by Gasteiger charge is 2.30. The van der Waals surface area contributed by atoms with Crippen LogP contribution in [0.1, 0.15) is 24.9 Å². The van der Waals surface area contributed by atoms with Crippen LogP contribution in [0.5, 0.6) is 0 Å². The maximum Gasteiger partial charge on any atom is 0.133 e. The van der Waals surface area contributed by atoms with E-state index in [1.165, 1.54) is 6.42 Å². The van der Waals surface area contributed by atoms with E-state index in [2.05, 4.69) is 20.9 Å². The summed E-state index contributed by atoms with van der Waals surface area (Å²) in [6.07, 6.45) is 3.07. The smallest absolute Gasteiger partial charge is 0.133 e. The second kappa shape index (κ2) is 6.08. The fourth-order valence-corrected chi connectivity index (χ4v) is 3.20. The van der Waals surface area contributed by atoms with Crippen molar-refractivity contribution in [3.8, 4) is 0 Å². The molecule has 2 aliphatic heterocycles. The van der Waals surface area contributed by atoms with Crippen molar-refractivity contribution < 1.29 is 4.74 Å². The lowest BCUT2D eigenvalue weighted by molar-refractivity contribution is 0.0209.